The number of nitrogens with zero attached hydrogens (tertiary/aromatic N) is 2. The third-order valence-corrected chi connectivity index (χ3v) is 4.73. The number of hydrogen-bond acceptors (Lipinski definition) is 3. The van der Waals surface area contributed by atoms with Crippen LogP contribution in [0, 0.1) is 0 Å². The highest BCUT2D eigenvalue weighted by molar-refractivity contribution is 5.87. The molecule has 5 nitrogen and oxygen atoms in total. The SMILES string of the molecule is CCCCCC/C=C/CN1CCC(=O)N1CCc1ccc(C(=O)O)cc1. The van der Waals surface area contributed by atoms with Crippen molar-refractivity contribution in [1.82, 2.24) is 10.0 Å². The zero-order chi connectivity index (χ0) is 18.8. The lowest BCUT2D eigenvalue weighted by Gasteiger charge is -2.27. The molecule has 0 spiro atoms. The first-order valence-corrected chi connectivity index (χ1v) is 9.64. The highest BCUT2D eigenvalue weighted by Gasteiger charge is 2.27. The average molecular weight is 358 g/mol. The van der Waals surface area contributed by atoms with Crippen molar-refractivity contribution in [3.05, 3.63) is 47.5 Å². The van der Waals surface area contributed by atoms with E-state index >= 15 is 0 Å². The van der Waals surface area contributed by atoms with Gasteiger partial charge in [0.25, 0.3) is 0 Å². The van der Waals surface area contributed by atoms with Crippen LogP contribution in [0.3, 0.4) is 0 Å². The van der Waals surface area contributed by atoms with Crippen LogP contribution in [-0.4, -0.2) is 46.6 Å². The molecular formula is C21H30N2O3. The minimum absolute atomic E-state index is 0.170. The second kappa shape index (κ2) is 10.8. The van der Waals surface area contributed by atoms with Crippen LogP contribution in [-0.2, 0) is 11.2 Å². The Morgan fingerprint density at radius 3 is 2.62 bits per heavy atom. The molecule has 26 heavy (non-hydrogen) atoms. The highest BCUT2D eigenvalue weighted by atomic mass is 16.4. The third kappa shape index (κ3) is 6.30. The largest absolute Gasteiger partial charge is 0.478 e. The minimum atomic E-state index is -0.918. The smallest absolute Gasteiger partial charge is 0.335 e. The molecule has 1 saturated heterocycles. The van der Waals surface area contributed by atoms with Crippen LogP contribution in [0.1, 0.15) is 61.4 Å². The van der Waals surface area contributed by atoms with E-state index in [1.807, 2.05) is 17.1 Å². The molecule has 0 atom stereocenters. The van der Waals surface area contributed by atoms with Crippen LogP contribution < -0.4 is 0 Å². The molecule has 1 N–H and O–H groups in total. The molecule has 0 saturated carbocycles. The predicted octanol–water partition coefficient (Wildman–Crippen LogP) is 3.90. The van der Waals surface area contributed by atoms with E-state index in [2.05, 4.69) is 24.1 Å². The number of carbonyl (C=O) groups is 2. The lowest BCUT2D eigenvalue weighted by atomic mass is 10.1. The molecule has 1 fully saturated rings. The summed E-state index contributed by atoms with van der Waals surface area (Å²) in [7, 11) is 0. The second-order valence-corrected chi connectivity index (χ2v) is 6.75. The summed E-state index contributed by atoms with van der Waals surface area (Å²) in [5.41, 5.74) is 1.33. The van der Waals surface area contributed by atoms with Crippen LogP contribution in [0.4, 0.5) is 0 Å². The van der Waals surface area contributed by atoms with Crippen molar-refractivity contribution < 1.29 is 14.7 Å². The number of carbonyl (C=O) groups excluding carboxylic acids is 1. The van der Waals surface area contributed by atoms with Crippen LogP contribution in [0.5, 0.6) is 0 Å². The van der Waals surface area contributed by atoms with E-state index in [1.165, 1.54) is 25.7 Å². The van der Waals surface area contributed by atoms with Crippen molar-refractivity contribution >= 4 is 11.9 Å². The Morgan fingerprint density at radius 1 is 1.15 bits per heavy atom. The van der Waals surface area contributed by atoms with Gasteiger partial charge in [0.15, 0.2) is 0 Å². The van der Waals surface area contributed by atoms with Crippen molar-refractivity contribution in [1.29, 1.82) is 0 Å². The summed E-state index contributed by atoms with van der Waals surface area (Å²) in [4.78, 5) is 23.0. The number of benzene rings is 1. The molecule has 0 unspecified atom stereocenters. The Balaban J connectivity index is 1.77. The van der Waals surface area contributed by atoms with E-state index in [9.17, 15) is 9.59 Å². The number of amides is 1. The number of aromatic carboxylic acids is 1. The van der Waals surface area contributed by atoms with Gasteiger partial charge in [-0.05, 0) is 37.0 Å². The van der Waals surface area contributed by atoms with Crippen molar-refractivity contribution in [2.45, 2.75) is 51.9 Å². The van der Waals surface area contributed by atoms with Crippen LogP contribution in [0.15, 0.2) is 36.4 Å². The number of rotatable bonds is 11. The summed E-state index contributed by atoms with van der Waals surface area (Å²) in [6.07, 6.45) is 11.9. The molecule has 1 aromatic carbocycles. The lowest BCUT2D eigenvalue weighted by Crippen LogP contribution is -2.40. The number of allylic oxidation sites excluding steroid dienone is 1. The Morgan fingerprint density at radius 2 is 1.92 bits per heavy atom. The van der Waals surface area contributed by atoms with Crippen LogP contribution in [0.2, 0.25) is 0 Å². The van der Waals surface area contributed by atoms with Crippen molar-refractivity contribution in [3.8, 4) is 0 Å². The maximum absolute atomic E-state index is 12.1. The fourth-order valence-electron chi connectivity index (χ4n) is 3.14. The lowest BCUT2D eigenvalue weighted by molar-refractivity contribution is -0.137. The molecule has 2 rings (SSSR count). The maximum Gasteiger partial charge on any atom is 0.335 e. The van der Waals surface area contributed by atoms with Gasteiger partial charge in [0, 0.05) is 26.1 Å². The third-order valence-electron chi connectivity index (χ3n) is 4.73. The van der Waals surface area contributed by atoms with Gasteiger partial charge in [0.2, 0.25) is 5.91 Å². The monoisotopic (exact) mass is 358 g/mol. The van der Waals surface area contributed by atoms with Crippen molar-refractivity contribution in [3.63, 3.8) is 0 Å². The molecule has 0 radical (unpaired) electrons. The molecule has 1 aliphatic heterocycles. The van der Waals surface area contributed by atoms with Crippen molar-refractivity contribution in [2.75, 3.05) is 19.6 Å². The fourth-order valence-corrected chi connectivity index (χ4v) is 3.14. The van der Waals surface area contributed by atoms with Gasteiger partial charge in [-0.25, -0.2) is 9.80 Å². The van der Waals surface area contributed by atoms with Gasteiger partial charge in [-0.2, -0.15) is 0 Å². The summed E-state index contributed by atoms with van der Waals surface area (Å²) >= 11 is 0. The van der Waals surface area contributed by atoms with Gasteiger partial charge in [0.05, 0.1) is 5.56 Å². The molecule has 0 aliphatic carbocycles. The van der Waals surface area contributed by atoms with Gasteiger partial charge in [-0.15, -0.1) is 0 Å². The number of hydrazine groups is 1. The molecule has 142 valence electrons. The van der Waals surface area contributed by atoms with Gasteiger partial charge in [-0.3, -0.25) is 9.80 Å². The van der Waals surface area contributed by atoms with Gasteiger partial charge in [0.1, 0.15) is 0 Å². The molecule has 1 aromatic rings. The number of carboxylic acids is 1. The van der Waals surface area contributed by atoms with E-state index in [1.54, 1.807) is 12.1 Å². The van der Waals surface area contributed by atoms with E-state index < -0.39 is 5.97 Å². The predicted molar refractivity (Wildman–Crippen MR) is 103 cm³/mol. The van der Waals surface area contributed by atoms with Gasteiger partial charge in [-0.1, -0.05) is 50.5 Å². The summed E-state index contributed by atoms with van der Waals surface area (Å²) < 4.78 is 0. The Bertz CT molecular complexity index is 610. The average Bonchev–Trinajstić information content (AvgIpc) is 2.99. The number of unbranched alkanes of at least 4 members (excludes halogenated alkanes) is 4. The molecular weight excluding hydrogens is 328 g/mol. The topological polar surface area (TPSA) is 60.9 Å². The molecule has 1 aliphatic rings. The summed E-state index contributed by atoms with van der Waals surface area (Å²) in [5, 5.41) is 12.9. The van der Waals surface area contributed by atoms with E-state index in [0.717, 1.165) is 31.5 Å². The Labute approximate surface area is 156 Å². The quantitative estimate of drug-likeness (QED) is 0.481. The molecule has 1 amide bonds. The van der Waals surface area contributed by atoms with Gasteiger partial charge >= 0.3 is 5.97 Å². The first-order valence-electron chi connectivity index (χ1n) is 9.64. The Kier molecular flexibility index (Phi) is 8.35. The molecule has 0 bridgehead atoms. The summed E-state index contributed by atoms with van der Waals surface area (Å²) in [5.74, 6) is -0.748. The molecule has 1 heterocycles. The first-order chi connectivity index (χ1) is 12.6. The number of hydrogen-bond donors (Lipinski definition) is 1. The maximum atomic E-state index is 12.1. The van der Waals surface area contributed by atoms with E-state index in [-0.39, 0.29) is 11.5 Å². The van der Waals surface area contributed by atoms with Crippen molar-refractivity contribution in [2.24, 2.45) is 0 Å². The fraction of sp³-hybridized carbons (Fsp3) is 0.524. The second-order valence-electron chi connectivity index (χ2n) is 6.75. The van der Waals surface area contributed by atoms with Gasteiger partial charge < -0.3 is 5.11 Å². The zero-order valence-electron chi connectivity index (χ0n) is 15.7. The highest BCUT2D eigenvalue weighted by Crippen LogP contribution is 2.14. The number of carboxylic acid groups (broad SMARTS) is 1. The molecule has 0 aromatic heterocycles. The zero-order valence-corrected chi connectivity index (χ0v) is 15.7. The van der Waals surface area contributed by atoms with Crippen LogP contribution >= 0.6 is 0 Å². The van der Waals surface area contributed by atoms with Crippen LogP contribution in [0.25, 0.3) is 0 Å². The Hall–Kier alpha value is -2.14. The van der Waals surface area contributed by atoms with E-state index in [4.69, 9.17) is 5.11 Å². The summed E-state index contributed by atoms with van der Waals surface area (Å²) in [6, 6.07) is 6.88. The molecule has 5 heteroatoms. The first kappa shape index (κ1) is 20.2. The normalized spacial score (nSPS) is 15.3. The minimum Gasteiger partial charge on any atom is -0.478 e. The summed E-state index contributed by atoms with van der Waals surface area (Å²) in [6.45, 7) is 4.40. The van der Waals surface area contributed by atoms with E-state index in [0.29, 0.717) is 13.0 Å². The standard InChI is InChI=1S/C21H30N2O3/c1-2-3-4-5-6-7-8-15-22-16-14-20(24)23(22)17-13-18-9-11-19(12-10-18)21(25)26/h7-12H,2-6,13-17H2,1H3,(H,25,26)/b8-7+.